The molecule has 0 atom stereocenters. The standard InChI is InChI=1S/C25H33N3O2.C9H17N.C2H6.C2H2.CH3NO/c1-3-23(30)8-6-4-5-7-9-25-26-17-24(27-25)20-10-11-21(18-29)19(16-20)14-15-28(2)22-12-13-22;1-2-10-7-5-9(3-4-9)6-8-10;2*1-2;2-1-3/h10-11,14-18,22H,3-9,12-13H2,1-2H3,(H,26,27);2-8H2,1H3;1-2H3;1-2H;1H,(H2,2,3)/b15-14-;;;;. The number of terminal acetylenes is 1. The number of amides is 1. The molecule has 3 fully saturated rings. The highest BCUT2D eigenvalue weighted by Crippen LogP contribution is 2.53. The second kappa shape index (κ2) is 23.6. The Hall–Kier alpha value is -3.70. The van der Waals surface area contributed by atoms with Crippen molar-refractivity contribution in [3.63, 3.8) is 0 Å². The molecule has 1 saturated heterocycles. The lowest BCUT2D eigenvalue weighted by atomic mass is 9.94. The van der Waals surface area contributed by atoms with Gasteiger partial charge in [0.25, 0.3) is 0 Å². The van der Waals surface area contributed by atoms with Crippen LogP contribution >= 0.6 is 0 Å². The predicted octanol–water partition coefficient (Wildman–Crippen LogP) is 7.69. The van der Waals surface area contributed by atoms with Gasteiger partial charge in [-0.25, -0.2) is 4.98 Å². The maximum atomic E-state index is 11.4. The molecule has 1 amide bonds. The van der Waals surface area contributed by atoms with Gasteiger partial charge in [0.05, 0.1) is 11.9 Å². The Bertz CT molecular complexity index is 1220. The number of unbranched alkanes of at least 4 members (excludes halogenated alkanes) is 3. The Labute approximate surface area is 285 Å². The molecule has 0 bridgehead atoms. The summed E-state index contributed by atoms with van der Waals surface area (Å²) in [7, 11) is 2.08. The van der Waals surface area contributed by atoms with Crippen molar-refractivity contribution < 1.29 is 14.4 Å². The summed E-state index contributed by atoms with van der Waals surface area (Å²) in [6.45, 7) is 12.2. The molecule has 0 unspecified atom stereocenters. The summed E-state index contributed by atoms with van der Waals surface area (Å²) in [5.74, 6) is 1.35. The van der Waals surface area contributed by atoms with Crippen LogP contribution in [0.2, 0.25) is 0 Å². The zero-order valence-corrected chi connectivity index (χ0v) is 29.8. The molecule has 260 valence electrons. The molecule has 3 aliphatic rings. The maximum Gasteiger partial charge on any atom is 0.204 e. The SMILES string of the molecule is C#C.CC.CCC(=O)CCCCCCc1ncc(-c2ccc(C=O)c(/C=C\N(C)C3CC3)c2)[nH]1.CCN1CCC2(CC1)CC2.NC=O. The van der Waals surface area contributed by atoms with E-state index in [9.17, 15) is 9.59 Å². The number of likely N-dealkylation sites (tertiary alicyclic amines) is 1. The summed E-state index contributed by atoms with van der Waals surface area (Å²) in [5.41, 5.74) is 8.66. The van der Waals surface area contributed by atoms with Crippen LogP contribution in [0.4, 0.5) is 0 Å². The normalized spacial score (nSPS) is 15.7. The summed E-state index contributed by atoms with van der Waals surface area (Å²) in [6.07, 6.45) is 30.2. The van der Waals surface area contributed by atoms with Crippen LogP contribution in [0.25, 0.3) is 17.3 Å². The highest BCUT2D eigenvalue weighted by atomic mass is 16.1. The second-order valence-electron chi connectivity index (χ2n) is 12.3. The number of aryl methyl sites for hydroxylation is 1. The number of carbonyl (C=O) groups excluding carboxylic acids is 3. The number of Topliss-reactive ketones (excluding diaryl/α,β-unsaturated/α-hetero) is 1. The molecule has 8 nitrogen and oxygen atoms in total. The van der Waals surface area contributed by atoms with E-state index in [4.69, 9.17) is 4.79 Å². The minimum Gasteiger partial charge on any atom is -0.377 e. The first-order chi connectivity index (χ1) is 22.9. The molecule has 1 aliphatic heterocycles. The summed E-state index contributed by atoms with van der Waals surface area (Å²) >= 11 is 0. The van der Waals surface area contributed by atoms with E-state index in [1.54, 1.807) is 0 Å². The second-order valence-corrected chi connectivity index (χ2v) is 12.3. The average Bonchev–Trinajstić information content (AvgIpc) is 4.06. The number of aromatic nitrogens is 2. The number of hydrogen-bond donors (Lipinski definition) is 2. The zero-order valence-electron chi connectivity index (χ0n) is 29.8. The largest absolute Gasteiger partial charge is 0.377 e. The number of carbonyl (C=O) groups is 3. The van der Waals surface area contributed by atoms with E-state index in [1.165, 1.54) is 58.2 Å². The van der Waals surface area contributed by atoms with Gasteiger partial charge >= 0.3 is 0 Å². The molecule has 2 heterocycles. The minimum atomic E-state index is 0.250. The van der Waals surface area contributed by atoms with Gasteiger partial charge in [0.1, 0.15) is 11.6 Å². The van der Waals surface area contributed by atoms with Gasteiger partial charge in [-0.3, -0.25) is 14.4 Å². The molecule has 47 heavy (non-hydrogen) atoms. The Morgan fingerprint density at radius 1 is 1.04 bits per heavy atom. The van der Waals surface area contributed by atoms with E-state index in [1.807, 2.05) is 51.2 Å². The van der Waals surface area contributed by atoms with Gasteiger partial charge in [-0.2, -0.15) is 0 Å². The van der Waals surface area contributed by atoms with Crippen molar-refractivity contribution in [1.82, 2.24) is 19.8 Å². The van der Waals surface area contributed by atoms with E-state index in [2.05, 4.69) is 58.5 Å². The van der Waals surface area contributed by atoms with E-state index in [-0.39, 0.29) is 6.41 Å². The van der Waals surface area contributed by atoms with Crippen molar-refractivity contribution in [2.45, 2.75) is 117 Å². The maximum absolute atomic E-state index is 11.4. The summed E-state index contributed by atoms with van der Waals surface area (Å²) < 4.78 is 0. The number of hydrogen-bond acceptors (Lipinski definition) is 6. The number of rotatable bonds is 14. The van der Waals surface area contributed by atoms with Crippen LogP contribution in [0.5, 0.6) is 0 Å². The number of nitrogens with two attached hydrogens (primary N) is 1. The highest BCUT2D eigenvalue weighted by Gasteiger charge is 2.43. The Kier molecular flexibility index (Phi) is 20.7. The van der Waals surface area contributed by atoms with E-state index in [0.717, 1.165) is 66.5 Å². The lowest BCUT2D eigenvalue weighted by Crippen LogP contribution is -2.34. The monoisotopic (exact) mass is 647 g/mol. The van der Waals surface area contributed by atoms with Crippen LogP contribution in [0.3, 0.4) is 0 Å². The molecule has 1 spiro atoms. The van der Waals surface area contributed by atoms with Gasteiger partial charge < -0.3 is 20.5 Å². The fourth-order valence-corrected chi connectivity index (χ4v) is 5.60. The van der Waals surface area contributed by atoms with Gasteiger partial charge in [-0.05, 0) is 100 Å². The number of nitrogens with zero attached hydrogens (tertiary/aromatic N) is 3. The van der Waals surface area contributed by atoms with E-state index in [0.29, 0.717) is 30.2 Å². The van der Waals surface area contributed by atoms with Crippen molar-refractivity contribution in [1.29, 1.82) is 0 Å². The van der Waals surface area contributed by atoms with Crippen molar-refractivity contribution in [3.05, 3.63) is 47.5 Å². The third-order valence-electron chi connectivity index (χ3n) is 9.10. The molecule has 3 N–H and O–H groups in total. The smallest absolute Gasteiger partial charge is 0.204 e. The van der Waals surface area contributed by atoms with Crippen LogP contribution in [0, 0.1) is 18.3 Å². The van der Waals surface area contributed by atoms with Crippen LogP contribution in [-0.4, -0.2) is 71.0 Å². The number of aldehydes is 1. The fourth-order valence-electron chi connectivity index (χ4n) is 5.60. The first-order valence-electron chi connectivity index (χ1n) is 17.6. The van der Waals surface area contributed by atoms with Gasteiger partial charge in [0.2, 0.25) is 6.41 Å². The summed E-state index contributed by atoms with van der Waals surface area (Å²) in [5, 5.41) is 0. The van der Waals surface area contributed by atoms with Crippen molar-refractivity contribution in [3.8, 4) is 24.1 Å². The number of imidazole rings is 1. The van der Waals surface area contributed by atoms with E-state index >= 15 is 0 Å². The first kappa shape index (κ1) is 41.3. The topological polar surface area (TPSA) is 112 Å². The van der Waals surface area contributed by atoms with Crippen molar-refractivity contribution in [2.75, 3.05) is 26.7 Å². The Morgan fingerprint density at radius 3 is 2.23 bits per heavy atom. The molecule has 1 aromatic carbocycles. The minimum absolute atomic E-state index is 0.250. The van der Waals surface area contributed by atoms with Gasteiger partial charge in [-0.1, -0.05) is 52.7 Å². The van der Waals surface area contributed by atoms with Crippen LogP contribution in [0.1, 0.15) is 126 Å². The molecular weight excluding hydrogens is 586 g/mol. The van der Waals surface area contributed by atoms with E-state index < -0.39 is 0 Å². The Morgan fingerprint density at radius 2 is 1.68 bits per heavy atom. The van der Waals surface area contributed by atoms with Crippen LogP contribution in [0.15, 0.2) is 30.6 Å². The molecule has 2 aliphatic carbocycles. The first-order valence-corrected chi connectivity index (χ1v) is 17.6. The number of ketones is 1. The molecule has 2 aromatic rings. The number of piperidine rings is 1. The fraction of sp³-hybridized carbons (Fsp3) is 0.590. The number of benzene rings is 1. The molecule has 5 rings (SSSR count). The number of aromatic amines is 1. The van der Waals surface area contributed by atoms with Crippen LogP contribution in [-0.2, 0) is 16.0 Å². The molecule has 8 heteroatoms. The third-order valence-corrected chi connectivity index (χ3v) is 9.10. The highest BCUT2D eigenvalue weighted by molar-refractivity contribution is 5.84. The summed E-state index contributed by atoms with van der Waals surface area (Å²) in [6, 6.07) is 6.53. The third kappa shape index (κ3) is 15.6. The molecular formula is C39H61N5O3. The van der Waals surface area contributed by atoms with Gasteiger partial charge in [-0.15, -0.1) is 12.8 Å². The molecule has 1 aromatic heterocycles. The number of primary amides is 1. The summed E-state index contributed by atoms with van der Waals surface area (Å²) in [4.78, 5) is 44.1. The molecule has 2 saturated carbocycles. The van der Waals surface area contributed by atoms with Crippen molar-refractivity contribution >= 4 is 24.6 Å². The molecule has 0 radical (unpaired) electrons. The number of nitrogens with one attached hydrogen (secondary N) is 1. The lowest BCUT2D eigenvalue weighted by Gasteiger charge is -2.30. The van der Waals surface area contributed by atoms with Gasteiger partial charge in [0.15, 0.2) is 6.29 Å². The average molecular weight is 648 g/mol. The predicted molar refractivity (Wildman–Crippen MR) is 196 cm³/mol. The van der Waals surface area contributed by atoms with Crippen LogP contribution < -0.4 is 5.73 Å². The lowest BCUT2D eigenvalue weighted by molar-refractivity contribution is -0.118. The number of H-pyrrole nitrogens is 1. The Balaban J connectivity index is 0.000000533. The zero-order chi connectivity index (χ0) is 35.1. The quantitative estimate of drug-likeness (QED) is 0.124. The van der Waals surface area contributed by atoms with Crippen molar-refractivity contribution in [2.24, 2.45) is 11.1 Å². The van der Waals surface area contributed by atoms with Gasteiger partial charge in [0, 0.05) is 43.5 Å².